The van der Waals surface area contributed by atoms with Crippen LogP contribution in [-0.2, 0) is 0 Å². The van der Waals surface area contributed by atoms with E-state index in [0.29, 0.717) is 0 Å². The minimum atomic E-state index is 1.10. The summed E-state index contributed by atoms with van der Waals surface area (Å²) in [5.41, 5.74) is 0. The predicted octanol–water partition coefficient (Wildman–Crippen LogP) is 7.39. The average Bonchev–Trinajstić information content (AvgIpc) is 2.94. The molecule has 3 heterocycles. The van der Waals surface area contributed by atoms with Gasteiger partial charge < -0.3 is 0 Å². The van der Waals surface area contributed by atoms with Gasteiger partial charge >= 0.3 is 0 Å². The normalized spacial score (nSPS) is 24.7. The van der Waals surface area contributed by atoms with Crippen LogP contribution in [0.1, 0.15) is 6.92 Å². The highest BCUT2D eigenvalue weighted by Gasteiger charge is 2.26. The quantitative estimate of drug-likeness (QED) is 0.409. The molecule has 0 bridgehead atoms. The van der Waals surface area contributed by atoms with E-state index in [4.69, 9.17) is 0 Å². The zero-order valence-electron chi connectivity index (χ0n) is 9.96. The van der Waals surface area contributed by atoms with Gasteiger partial charge in [-0.2, -0.15) is 0 Å². The van der Waals surface area contributed by atoms with E-state index in [1.54, 1.807) is 0 Å². The Morgan fingerprint density at radius 2 is 1.21 bits per heavy atom. The Morgan fingerprint density at radius 1 is 0.789 bits per heavy atom. The van der Waals surface area contributed by atoms with E-state index in [2.05, 4.69) is 19.6 Å². The first-order chi connectivity index (χ1) is 9.26. The summed E-state index contributed by atoms with van der Waals surface area (Å²) in [6, 6.07) is 0. The molecule has 0 atom stereocenters. The number of thioether (sulfide) groups is 8. The summed E-state index contributed by atoms with van der Waals surface area (Å²) in [6.07, 6.45) is 2.22. The van der Waals surface area contributed by atoms with Crippen LogP contribution in [0, 0.1) is 0 Å². The highest BCUT2D eigenvalue weighted by molar-refractivity contribution is 8.46. The van der Waals surface area contributed by atoms with Crippen LogP contribution in [0.3, 0.4) is 0 Å². The van der Waals surface area contributed by atoms with E-state index in [9.17, 15) is 0 Å². The molecule has 0 amide bonds. The molecule has 3 rings (SSSR count). The van der Waals surface area contributed by atoms with E-state index < -0.39 is 0 Å². The number of hydrogen-bond donors (Lipinski definition) is 0. The molecule has 19 heavy (non-hydrogen) atoms. The standard InChI is InChI=1S/C11H10S8/c1-3-7-18-10-11(19-7)15-5-13-9-8(12-4-14-10)16-6(2)17-9/h3H,2,4-5H2,1H3. The third-order valence-electron chi connectivity index (χ3n) is 2.13. The third-order valence-corrected chi connectivity index (χ3v) is 13.2. The van der Waals surface area contributed by atoms with E-state index in [0.717, 1.165) is 10.2 Å². The second kappa shape index (κ2) is 7.35. The van der Waals surface area contributed by atoms with Gasteiger partial charge in [-0.25, -0.2) is 0 Å². The fraction of sp³-hybridized carbons (Fsp3) is 0.273. The van der Waals surface area contributed by atoms with Crippen molar-refractivity contribution < 1.29 is 0 Å². The Labute approximate surface area is 148 Å². The van der Waals surface area contributed by atoms with Crippen molar-refractivity contribution in [2.75, 3.05) is 10.2 Å². The first-order valence-electron chi connectivity index (χ1n) is 5.32. The first-order valence-corrected chi connectivity index (χ1v) is 12.5. The summed E-state index contributed by atoms with van der Waals surface area (Å²) in [4.78, 5) is 0. The lowest BCUT2D eigenvalue weighted by Gasteiger charge is -2.09. The molecule has 0 N–H and O–H groups in total. The molecule has 0 saturated carbocycles. The molecule has 0 aromatic carbocycles. The van der Waals surface area contributed by atoms with E-state index >= 15 is 0 Å². The third kappa shape index (κ3) is 3.94. The molecule has 0 saturated heterocycles. The van der Waals surface area contributed by atoms with Gasteiger partial charge in [0, 0.05) is 18.6 Å². The van der Waals surface area contributed by atoms with Crippen molar-refractivity contribution in [3.8, 4) is 0 Å². The summed E-state index contributed by atoms with van der Waals surface area (Å²) in [7, 11) is 0. The minimum absolute atomic E-state index is 1.10. The molecule has 0 radical (unpaired) electrons. The highest BCUT2D eigenvalue weighted by atomic mass is 32.3. The monoisotopic (exact) mass is 398 g/mol. The number of allylic oxidation sites excluding steroid dienone is 1. The van der Waals surface area contributed by atoms with Crippen molar-refractivity contribution in [1.29, 1.82) is 0 Å². The lowest BCUT2D eigenvalue weighted by atomic mass is 10.8. The molecule has 3 aliphatic heterocycles. The Hall–Kier alpha value is 1.76. The Kier molecular flexibility index (Phi) is 6.05. The smallest absolute Gasteiger partial charge is 0.0668 e. The Morgan fingerprint density at radius 3 is 1.63 bits per heavy atom. The molecule has 3 aliphatic rings. The SMILES string of the molecule is C=C1SC2=C(SCSC3=C(SCS2)SC(=CC)S3)S1. The van der Waals surface area contributed by atoms with Crippen molar-refractivity contribution in [1.82, 2.24) is 0 Å². The molecule has 0 aliphatic carbocycles. The van der Waals surface area contributed by atoms with Gasteiger partial charge in [-0.3, -0.25) is 0 Å². The minimum Gasteiger partial charge on any atom is -0.106 e. The summed E-state index contributed by atoms with van der Waals surface area (Å²) < 4.78 is 8.55. The van der Waals surface area contributed by atoms with Gasteiger partial charge in [0.2, 0.25) is 0 Å². The molecule has 0 nitrogen and oxygen atoms in total. The zero-order chi connectivity index (χ0) is 13.2. The molecule has 102 valence electrons. The molecule has 0 aromatic heterocycles. The summed E-state index contributed by atoms with van der Waals surface area (Å²) in [5.74, 6) is 0. The lowest BCUT2D eigenvalue weighted by Crippen LogP contribution is -1.80. The Bertz CT molecular complexity index is 463. The molecule has 8 heteroatoms. The maximum atomic E-state index is 4.08. The van der Waals surface area contributed by atoms with Crippen molar-refractivity contribution in [3.63, 3.8) is 0 Å². The van der Waals surface area contributed by atoms with Crippen LogP contribution >= 0.6 is 94.1 Å². The fourth-order valence-corrected chi connectivity index (χ4v) is 13.5. The van der Waals surface area contributed by atoms with Crippen LogP contribution < -0.4 is 0 Å². The molecule has 0 unspecified atom stereocenters. The fourth-order valence-electron chi connectivity index (χ4n) is 1.34. The van der Waals surface area contributed by atoms with Gasteiger partial charge in [0.25, 0.3) is 0 Å². The highest BCUT2D eigenvalue weighted by Crippen LogP contribution is 2.62. The van der Waals surface area contributed by atoms with E-state index in [1.165, 1.54) is 25.4 Å². The van der Waals surface area contributed by atoms with Crippen LogP contribution in [0.4, 0.5) is 0 Å². The maximum absolute atomic E-state index is 4.08. The van der Waals surface area contributed by atoms with Gasteiger partial charge in [-0.05, 0) is 6.92 Å². The van der Waals surface area contributed by atoms with Crippen molar-refractivity contribution in [2.24, 2.45) is 0 Å². The van der Waals surface area contributed by atoms with Crippen LogP contribution in [-0.4, -0.2) is 10.2 Å². The van der Waals surface area contributed by atoms with Crippen molar-refractivity contribution in [3.05, 3.63) is 38.1 Å². The van der Waals surface area contributed by atoms with Crippen LogP contribution in [0.5, 0.6) is 0 Å². The maximum Gasteiger partial charge on any atom is 0.0668 e. The second-order valence-electron chi connectivity index (χ2n) is 3.35. The number of hydrogen-bond acceptors (Lipinski definition) is 8. The summed E-state index contributed by atoms with van der Waals surface area (Å²) in [6.45, 7) is 6.21. The molecule has 0 spiro atoms. The van der Waals surface area contributed by atoms with Gasteiger partial charge in [-0.15, -0.1) is 47.0 Å². The van der Waals surface area contributed by atoms with E-state index in [1.807, 2.05) is 94.1 Å². The lowest BCUT2D eigenvalue weighted by molar-refractivity contribution is 1.77. The van der Waals surface area contributed by atoms with Gasteiger partial charge in [0.1, 0.15) is 0 Å². The van der Waals surface area contributed by atoms with Crippen molar-refractivity contribution >= 4 is 94.1 Å². The molecular formula is C11H10S8. The Balaban J connectivity index is 1.71. The average molecular weight is 399 g/mol. The molecule has 0 fully saturated rings. The second-order valence-corrected chi connectivity index (χ2v) is 13.9. The number of rotatable bonds is 0. The zero-order valence-corrected chi connectivity index (χ0v) is 16.5. The predicted molar refractivity (Wildman–Crippen MR) is 107 cm³/mol. The molecule has 0 aromatic rings. The topological polar surface area (TPSA) is 0 Å². The van der Waals surface area contributed by atoms with E-state index in [-0.39, 0.29) is 0 Å². The van der Waals surface area contributed by atoms with Crippen molar-refractivity contribution in [2.45, 2.75) is 6.92 Å². The first kappa shape index (κ1) is 15.6. The van der Waals surface area contributed by atoms with Gasteiger partial charge in [0.15, 0.2) is 0 Å². The van der Waals surface area contributed by atoms with Gasteiger partial charge in [-0.1, -0.05) is 59.7 Å². The summed E-state index contributed by atoms with van der Waals surface area (Å²) >= 11 is 15.5. The van der Waals surface area contributed by atoms with Crippen LogP contribution in [0.2, 0.25) is 0 Å². The van der Waals surface area contributed by atoms with Crippen LogP contribution in [0.25, 0.3) is 0 Å². The summed E-state index contributed by atoms with van der Waals surface area (Å²) in [5, 5.41) is 2.20. The molecular weight excluding hydrogens is 389 g/mol. The van der Waals surface area contributed by atoms with Gasteiger partial charge in [0.05, 0.1) is 16.9 Å². The largest absolute Gasteiger partial charge is 0.106 e. The van der Waals surface area contributed by atoms with Crippen LogP contribution in [0.15, 0.2) is 38.1 Å².